The molecule has 2 amide bonds. The predicted octanol–water partition coefficient (Wildman–Crippen LogP) is 4.99. The monoisotopic (exact) mass is 444 g/mol. The highest BCUT2D eigenvalue weighted by Gasteiger charge is 2.13. The standard InChI is InChI=1S/C27H32N4O2/c1-6-30(7-2)27(33)23-12-14-24(15-13-23)28-26(32)17-16-25-20(4)29-31(21(25)5)18-22-10-8-19(3)9-11-22/h8-17H,6-7,18H2,1-5H3,(H,28,32)/b17-16+. The molecule has 0 unspecified atom stereocenters. The fourth-order valence-corrected chi connectivity index (χ4v) is 3.70. The van der Waals surface area contributed by atoms with Crippen molar-refractivity contribution in [1.29, 1.82) is 0 Å². The highest BCUT2D eigenvalue weighted by Crippen LogP contribution is 2.17. The number of benzene rings is 2. The molecule has 3 aromatic rings. The molecule has 6 heteroatoms. The molecule has 0 atom stereocenters. The van der Waals surface area contributed by atoms with E-state index < -0.39 is 0 Å². The minimum atomic E-state index is -0.233. The normalized spacial score (nSPS) is 11.1. The zero-order valence-electron chi connectivity index (χ0n) is 20.1. The Hall–Kier alpha value is -3.67. The van der Waals surface area contributed by atoms with Gasteiger partial charge in [0.1, 0.15) is 0 Å². The fourth-order valence-electron chi connectivity index (χ4n) is 3.70. The molecule has 0 saturated heterocycles. The van der Waals surface area contributed by atoms with Crippen molar-refractivity contribution in [3.63, 3.8) is 0 Å². The van der Waals surface area contributed by atoms with Crippen molar-refractivity contribution in [2.75, 3.05) is 18.4 Å². The van der Waals surface area contributed by atoms with Gasteiger partial charge in [0.2, 0.25) is 5.91 Å². The molecule has 1 aromatic heterocycles. The summed E-state index contributed by atoms with van der Waals surface area (Å²) in [4.78, 5) is 26.6. The van der Waals surface area contributed by atoms with E-state index in [0.29, 0.717) is 30.9 Å². The van der Waals surface area contributed by atoms with Crippen molar-refractivity contribution in [3.05, 3.63) is 88.2 Å². The molecule has 33 heavy (non-hydrogen) atoms. The molecular formula is C27H32N4O2. The van der Waals surface area contributed by atoms with Crippen molar-refractivity contribution in [1.82, 2.24) is 14.7 Å². The summed E-state index contributed by atoms with van der Waals surface area (Å²) in [6, 6.07) is 15.4. The van der Waals surface area contributed by atoms with E-state index in [1.807, 2.05) is 32.4 Å². The third-order valence-corrected chi connectivity index (χ3v) is 5.74. The van der Waals surface area contributed by atoms with Crippen LogP contribution in [-0.2, 0) is 11.3 Å². The number of amides is 2. The Balaban J connectivity index is 1.65. The van der Waals surface area contributed by atoms with Gasteiger partial charge in [-0.2, -0.15) is 5.10 Å². The quantitative estimate of drug-likeness (QED) is 0.498. The average molecular weight is 445 g/mol. The Morgan fingerprint density at radius 2 is 1.61 bits per heavy atom. The van der Waals surface area contributed by atoms with Gasteiger partial charge in [-0.25, -0.2) is 0 Å². The highest BCUT2D eigenvalue weighted by atomic mass is 16.2. The first-order valence-corrected chi connectivity index (χ1v) is 11.3. The second-order valence-corrected chi connectivity index (χ2v) is 8.11. The second kappa shape index (κ2) is 10.8. The third kappa shape index (κ3) is 5.98. The van der Waals surface area contributed by atoms with Crippen molar-refractivity contribution >= 4 is 23.6 Å². The van der Waals surface area contributed by atoms with E-state index in [1.165, 1.54) is 17.2 Å². The predicted molar refractivity (Wildman–Crippen MR) is 133 cm³/mol. The van der Waals surface area contributed by atoms with Gasteiger partial charge < -0.3 is 10.2 Å². The lowest BCUT2D eigenvalue weighted by atomic mass is 10.1. The number of nitrogens with one attached hydrogen (secondary N) is 1. The molecule has 0 aliphatic heterocycles. The van der Waals surface area contributed by atoms with Crippen LogP contribution in [0.3, 0.4) is 0 Å². The van der Waals surface area contributed by atoms with Gasteiger partial charge in [-0.3, -0.25) is 14.3 Å². The number of nitrogens with zero attached hydrogens (tertiary/aromatic N) is 3. The molecule has 3 rings (SSSR count). The molecule has 6 nitrogen and oxygen atoms in total. The van der Waals surface area contributed by atoms with E-state index in [0.717, 1.165) is 17.0 Å². The summed E-state index contributed by atoms with van der Waals surface area (Å²) >= 11 is 0. The van der Waals surface area contributed by atoms with Crippen molar-refractivity contribution in [2.24, 2.45) is 0 Å². The maximum Gasteiger partial charge on any atom is 0.253 e. The van der Waals surface area contributed by atoms with Crippen LogP contribution in [0.1, 0.15) is 52.3 Å². The van der Waals surface area contributed by atoms with Gasteiger partial charge in [0.25, 0.3) is 5.91 Å². The zero-order valence-corrected chi connectivity index (χ0v) is 20.1. The summed E-state index contributed by atoms with van der Waals surface area (Å²) in [7, 11) is 0. The first-order chi connectivity index (χ1) is 15.8. The SMILES string of the molecule is CCN(CC)C(=O)c1ccc(NC(=O)/C=C/c2c(C)nn(Cc3ccc(C)cc3)c2C)cc1. The number of hydrogen-bond donors (Lipinski definition) is 1. The minimum Gasteiger partial charge on any atom is -0.339 e. The lowest BCUT2D eigenvalue weighted by Gasteiger charge is -2.18. The van der Waals surface area contributed by atoms with Crippen LogP contribution in [0.5, 0.6) is 0 Å². The molecule has 1 heterocycles. The number of hydrogen-bond acceptors (Lipinski definition) is 3. The Kier molecular flexibility index (Phi) is 7.83. The largest absolute Gasteiger partial charge is 0.339 e. The van der Waals surface area contributed by atoms with Gasteiger partial charge in [-0.1, -0.05) is 29.8 Å². The van der Waals surface area contributed by atoms with Crippen LogP contribution in [0.2, 0.25) is 0 Å². The average Bonchev–Trinajstić information content (AvgIpc) is 3.07. The topological polar surface area (TPSA) is 67.2 Å². The van der Waals surface area contributed by atoms with Gasteiger partial charge in [-0.15, -0.1) is 0 Å². The molecule has 0 radical (unpaired) electrons. The number of rotatable bonds is 8. The summed E-state index contributed by atoms with van der Waals surface area (Å²) in [5.41, 5.74) is 6.50. The number of carbonyl (C=O) groups excluding carboxylic acids is 2. The molecule has 2 aromatic carbocycles. The molecule has 0 fully saturated rings. The van der Waals surface area contributed by atoms with Crippen LogP contribution >= 0.6 is 0 Å². The summed E-state index contributed by atoms with van der Waals surface area (Å²) in [6.07, 6.45) is 3.32. The number of carbonyl (C=O) groups is 2. The van der Waals surface area contributed by atoms with Crippen molar-refractivity contribution in [2.45, 2.75) is 41.2 Å². The van der Waals surface area contributed by atoms with Gasteiger partial charge in [0.15, 0.2) is 0 Å². The molecule has 0 bridgehead atoms. The molecule has 172 valence electrons. The summed E-state index contributed by atoms with van der Waals surface area (Å²) < 4.78 is 1.96. The number of anilines is 1. The van der Waals surface area contributed by atoms with E-state index in [9.17, 15) is 9.59 Å². The smallest absolute Gasteiger partial charge is 0.253 e. The first kappa shape index (κ1) is 24.0. The Bertz CT molecular complexity index is 1140. The highest BCUT2D eigenvalue weighted by molar-refractivity contribution is 6.02. The van der Waals surface area contributed by atoms with Gasteiger partial charge in [0, 0.05) is 41.7 Å². The minimum absolute atomic E-state index is 0.00799. The van der Waals surface area contributed by atoms with Crippen LogP contribution in [0.25, 0.3) is 6.08 Å². The Morgan fingerprint density at radius 3 is 2.21 bits per heavy atom. The zero-order chi connectivity index (χ0) is 24.0. The van der Waals surface area contributed by atoms with E-state index in [4.69, 9.17) is 0 Å². The first-order valence-electron chi connectivity index (χ1n) is 11.3. The molecule has 0 saturated carbocycles. The van der Waals surface area contributed by atoms with E-state index in [1.54, 1.807) is 35.2 Å². The van der Waals surface area contributed by atoms with E-state index in [2.05, 4.69) is 41.6 Å². The number of aryl methyl sites for hydroxylation is 2. The van der Waals surface area contributed by atoms with Crippen LogP contribution in [0.4, 0.5) is 5.69 Å². The van der Waals surface area contributed by atoms with Crippen LogP contribution < -0.4 is 5.32 Å². The lowest BCUT2D eigenvalue weighted by molar-refractivity contribution is -0.111. The van der Waals surface area contributed by atoms with Gasteiger partial charge in [-0.05, 0) is 70.5 Å². The molecule has 1 N–H and O–H groups in total. The Morgan fingerprint density at radius 1 is 0.970 bits per heavy atom. The maximum absolute atomic E-state index is 12.5. The molecular weight excluding hydrogens is 412 g/mol. The summed E-state index contributed by atoms with van der Waals surface area (Å²) in [5, 5.41) is 7.49. The van der Waals surface area contributed by atoms with Gasteiger partial charge >= 0.3 is 0 Å². The van der Waals surface area contributed by atoms with Gasteiger partial charge in [0.05, 0.1) is 12.2 Å². The lowest BCUT2D eigenvalue weighted by Crippen LogP contribution is -2.30. The van der Waals surface area contributed by atoms with Crippen molar-refractivity contribution < 1.29 is 9.59 Å². The summed E-state index contributed by atoms with van der Waals surface area (Å²) in [6.45, 7) is 12.0. The third-order valence-electron chi connectivity index (χ3n) is 5.74. The fraction of sp³-hybridized carbons (Fsp3) is 0.296. The van der Waals surface area contributed by atoms with Crippen LogP contribution in [0, 0.1) is 20.8 Å². The van der Waals surface area contributed by atoms with Crippen LogP contribution in [-0.4, -0.2) is 39.6 Å². The van der Waals surface area contributed by atoms with Crippen LogP contribution in [0.15, 0.2) is 54.6 Å². The molecule has 0 spiro atoms. The second-order valence-electron chi connectivity index (χ2n) is 8.11. The van der Waals surface area contributed by atoms with E-state index >= 15 is 0 Å². The Labute approximate surface area is 195 Å². The summed E-state index contributed by atoms with van der Waals surface area (Å²) in [5.74, 6) is -0.241. The number of aromatic nitrogens is 2. The molecule has 0 aliphatic carbocycles. The van der Waals surface area contributed by atoms with Crippen molar-refractivity contribution in [3.8, 4) is 0 Å². The maximum atomic E-state index is 12.5. The molecule has 0 aliphatic rings. The van der Waals surface area contributed by atoms with E-state index in [-0.39, 0.29) is 11.8 Å².